The quantitative estimate of drug-likeness (QED) is 0.339. The first-order chi connectivity index (χ1) is 19.0. The molecule has 0 aromatic heterocycles. The predicted octanol–water partition coefficient (Wildman–Crippen LogP) is 4.40. The number of quaternary nitrogens is 1. The van der Waals surface area contributed by atoms with E-state index in [1.165, 1.54) is 31.5 Å². The van der Waals surface area contributed by atoms with E-state index in [4.69, 9.17) is 4.74 Å². The average molecular weight is 525 g/mol. The predicted molar refractivity (Wildman–Crippen MR) is 155 cm³/mol. The monoisotopic (exact) mass is 524 g/mol. The second-order valence-electron chi connectivity index (χ2n) is 10.9. The molecule has 3 aromatic carbocycles. The molecular formula is C33H38N3O3+. The van der Waals surface area contributed by atoms with Crippen molar-refractivity contribution in [2.24, 2.45) is 5.92 Å². The van der Waals surface area contributed by atoms with E-state index in [0.29, 0.717) is 24.4 Å². The van der Waals surface area contributed by atoms with Crippen molar-refractivity contribution in [1.29, 1.82) is 0 Å². The molecule has 2 N–H and O–H groups in total. The molecule has 0 radical (unpaired) electrons. The van der Waals surface area contributed by atoms with Gasteiger partial charge in [0.15, 0.2) is 11.5 Å². The van der Waals surface area contributed by atoms with Gasteiger partial charge in [0, 0.05) is 18.5 Å². The maximum Gasteiger partial charge on any atom is 0.294 e. The lowest BCUT2D eigenvalue weighted by Crippen LogP contribution is -3.13. The van der Waals surface area contributed by atoms with Crippen molar-refractivity contribution in [2.75, 3.05) is 31.1 Å². The summed E-state index contributed by atoms with van der Waals surface area (Å²) in [5.41, 5.74) is 4.39. The number of fused-ring (bicyclic) bond motifs is 1. The van der Waals surface area contributed by atoms with Crippen LogP contribution in [0.15, 0.2) is 78.6 Å². The van der Waals surface area contributed by atoms with Crippen LogP contribution in [-0.2, 0) is 11.3 Å². The van der Waals surface area contributed by atoms with Crippen molar-refractivity contribution in [3.8, 4) is 5.75 Å². The molecule has 0 atom stereocenters. The summed E-state index contributed by atoms with van der Waals surface area (Å²) >= 11 is 0. The molecule has 6 nitrogen and oxygen atoms in total. The molecule has 0 aliphatic carbocycles. The highest BCUT2D eigenvalue weighted by molar-refractivity contribution is 6.09. The maximum absolute atomic E-state index is 13.5. The molecule has 5 rings (SSSR count). The summed E-state index contributed by atoms with van der Waals surface area (Å²) in [4.78, 5) is 29.5. The summed E-state index contributed by atoms with van der Waals surface area (Å²) in [6.07, 6.45) is 5.33. The molecule has 1 fully saturated rings. The van der Waals surface area contributed by atoms with E-state index in [1.807, 2.05) is 55.5 Å². The van der Waals surface area contributed by atoms with Gasteiger partial charge in [-0.2, -0.15) is 0 Å². The molecule has 2 aliphatic heterocycles. The molecule has 202 valence electrons. The van der Waals surface area contributed by atoms with E-state index in [2.05, 4.69) is 24.4 Å². The SMILES string of the molecule is Cc1ccc(CN2C(=O)C(=Cc3ccc(C(=O)NCCC[NH+]4CCC(C)CC4)cc3)Oc3ccccc32)cc1. The van der Waals surface area contributed by atoms with Crippen LogP contribution in [0, 0.1) is 12.8 Å². The number of para-hydroxylation sites is 2. The lowest BCUT2D eigenvalue weighted by Gasteiger charge is -2.30. The van der Waals surface area contributed by atoms with Crippen LogP contribution >= 0.6 is 0 Å². The largest absolute Gasteiger partial charge is 0.449 e. The standard InChI is InChI=1S/C33H37N3O3/c1-24-8-10-27(11-9-24)23-36-29-6-3-4-7-30(29)39-31(33(36)38)22-26-12-14-28(15-13-26)32(37)34-18-5-19-35-20-16-25(2)17-21-35/h3-4,6-15,22,25H,5,16-21,23H2,1-2H3,(H,34,37)/p+1. The molecule has 6 heteroatoms. The zero-order valence-electron chi connectivity index (χ0n) is 22.9. The molecule has 0 unspecified atom stereocenters. The lowest BCUT2D eigenvalue weighted by molar-refractivity contribution is -0.906. The maximum atomic E-state index is 13.5. The van der Waals surface area contributed by atoms with Crippen LogP contribution in [-0.4, -0.2) is 38.0 Å². The summed E-state index contributed by atoms with van der Waals surface area (Å²) in [6.45, 7) is 9.11. The van der Waals surface area contributed by atoms with Gasteiger partial charge in [-0.25, -0.2) is 0 Å². The van der Waals surface area contributed by atoms with Crippen molar-refractivity contribution in [3.63, 3.8) is 0 Å². The Morgan fingerprint density at radius 1 is 1.03 bits per heavy atom. The number of carbonyl (C=O) groups excluding carboxylic acids is 2. The van der Waals surface area contributed by atoms with E-state index >= 15 is 0 Å². The van der Waals surface area contributed by atoms with Crippen LogP contribution in [0.25, 0.3) is 6.08 Å². The first kappa shape index (κ1) is 26.7. The number of hydrogen-bond donors (Lipinski definition) is 2. The normalized spacial score (nSPS) is 19.9. The van der Waals surface area contributed by atoms with E-state index in [0.717, 1.165) is 35.7 Å². The number of piperidine rings is 1. The Bertz CT molecular complexity index is 1320. The summed E-state index contributed by atoms with van der Waals surface area (Å²) < 4.78 is 6.02. The smallest absolute Gasteiger partial charge is 0.294 e. The van der Waals surface area contributed by atoms with Crippen molar-refractivity contribution < 1.29 is 19.2 Å². The average Bonchev–Trinajstić information content (AvgIpc) is 2.95. The molecule has 2 heterocycles. The Morgan fingerprint density at radius 2 is 1.74 bits per heavy atom. The zero-order valence-corrected chi connectivity index (χ0v) is 22.9. The van der Waals surface area contributed by atoms with Gasteiger partial charge in [0.25, 0.3) is 11.8 Å². The number of nitrogens with zero attached hydrogens (tertiary/aromatic N) is 1. The minimum absolute atomic E-state index is 0.0698. The van der Waals surface area contributed by atoms with Crippen LogP contribution in [0.4, 0.5) is 5.69 Å². The third-order valence-electron chi connectivity index (χ3n) is 7.74. The minimum atomic E-state index is -0.193. The minimum Gasteiger partial charge on any atom is -0.449 e. The highest BCUT2D eigenvalue weighted by atomic mass is 16.5. The Morgan fingerprint density at radius 3 is 2.49 bits per heavy atom. The third-order valence-corrected chi connectivity index (χ3v) is 7.74. The van der Waals surface area contributed by atoms with Gasteiger partial charge in [0.2, 0.25) is 0 Å². The fourth-order valence-corrected chi connectivity index (χ4v) is 5.24. The summed E-state index contributed by atoms with van der Waals surface area (Å²) in [5, 5.41) is 3.05. The van der Waals surface area contributed by atoms with E-state index in [9.17, 15) is 9.59 Å². The van der Waals surface area contributed by atoms with Crippen molar-refractivity contribution in [3.05, 3.63) is 101 Å². The molecule has 39 heavy (non-hydrogen) atoms. The van der Waals surface area contributed by atoms with Crippen LogP contribution < -0.4 is 19.9 Å². The lowest BCUT2D eigenvalue weighted by atomic mass is 9.99. The molecule has 3 aromatic rings. The number of benzene rings is 3. The Balaban J connectivity index is 1.21. The highest BCUT2D eigenvalue weighted by Crippen LogP contribution is 2.36. The van der Waals surface area contributed by atoms with Gasteiger partial charge in [-0.15, -0.1) is 0 Å². The zero-order chi connectivity index (χ0) is 27.2. The molecule has 2 aliphatic rings. The summed E-state index contributed by atoms with van der Waals surface area (Å²) in [6, 6.07) is 23.1. The van der Waals surface area contributed by atoms with Gasteiger partial charge < -0.3 is 15.0 Å². The molecule has 2 amide bonds. The van der Waals surface area contributed by atoms with Gasteiger partial charge in [0.1, 0.15) is 0 Å². The molecule has 0 saturated carbocycles. The van der Waals surface area contributed by atoms with E-state index < -0.39 is 0 Å². The first-order valence-corrected chi connectivity index (χ1v) is 14.0. The summed E-state index contributed by atoms with van der Waals surface area (Å²) in [7, 11) is 0. The highest BCUT2D eigenvalue weighted by Gasteiger charge is 2.30. The molecular weight excluding hydrogens is 486 g/mol. The van der Waals surface area contributed by atoms with Gasteiger partial charge >= 0.3 is 0 Å². The summed E-state index contributed by atoms with van der Waals surface area (Å²) in [5.74, 6) is 1.49. The number of hydrogen-bond acceptors (Lipinski definition) is 3. The topological polar surface area (TPSA) is 63.1 Å². The van der Waals surface area contributed by atoms with E-state index in [1.54, 1.807) is 28.0 Å². The molecule has 1 saturated heterocycles. The number of anilines is 1. The Hall–Kier alpha value is -3.90. The second-order valence-corrected chi connectivity index (χ2v) is 10.9. The number of rotatable bonds is 8. The Labute approximate surface area is 231 Å². The number of likely N-dealkylation sites (tertiary alicyclic amines) is 1. The Kier molecular flexibility index (Phi) is 8.42. The number of ether oxygens (including phenoxy) is 1. The molecule has 0 spiro atoms. The van der Waals surface area contributed by atoms with Crippen LogP contribution in [0.1, 0.15) is 53.2 Å². The van der Waals surface area contributed by atoms with Crippen molar-refractivity contribution in [1.82, 2.24) is 5.32 Å². The number of amides is 2. The number of carbonyl (C=O) groups is 2. The van der Waals surface area contributed by atoms with Gasteiger partial charge in [-0.3, -0.25) is 14.5 Å². The fraction of sp³-hybridized carbons (Fsp3) is 0.333. The van der Waals surface area contributed by atoms with Crippen LogP contribution in [0.3, 0.4) is 0 Å². The van der Waals surface area contributed by atoms with Gasteiger partial charge in [0.05, 0.1) is 31.9 Å². The first-order valence-electron chi connectivity index (χ1n) is 14.0. The number of aryl methyl sites for hydroxylation is 1. The van der Waals surface area contributed by atoms with Crippen molar-refractivity contribution in [2.45, 2.75) is 39.7 Å². The molecule has 0 bridgehead atoms. The van der Waals surface area contributed by atoms with Gasteiger partial charge in [-0.05, 0) is 67.2 Å². The van der Waals surface area contributed by atoms with E-state index in [-0.39, 0.29) is 17.6 Å². The number of nitrogens with one attached hydrogen (secondary N) is 2. The third kappa shape index (κ3) is 6.76. The van der Waals surface area contributed by atoms with Crippen LogP contribution in [0.2, 0.25) is 0 Å². The van der Waals surface area contributed by atoms with Crippen molar-refractivity contribution >= 4 is 23.6 Å². The second kappa shape index (κ2) is 12.3. The van der Waals surface area contributed by atoms with Crippen LogP contribution in [0.5, 0.6) is 5.75 Å². The van der Waals surface area contributed by atoms with Gasteiger partial charge in [-0.1, -0.05) is 61.0 Å². The fourth-order valence-electron chi connectivity index (χ4n) is 5.24.